The number of aromatic nitrogens is 1. The lowest BCUT2D eigenvalue weighted by atomic mass is 9.93. The molecule has 0 amide bonds. The molecule has 0 spiro atoms. The van der Waals surface area contributed by atoms with E-state index in [-0.39, 0.29) is 17.7 Å². The van der Waals surface area contributed by atoms with E-state index in [2.05, 4.69) is 31.9 Å². The van der Waals surface area contributed by atoms with E-state index >= 15 is 0 Å². The fourth-order valence-corrected chi connectivity index (χ4v) is 7.27. The van der Waals surface area contributed by atoms with Crippen molar-refractivity contribution in [2.24, 2.45) is 4.99 Å². The molecule has 2 heterocycles. The zero-order chi connectivity index (χ0) is 30.7. The van der Waals surface area contributed by atoms with Crippen LogP contribution in [0.15, 0.2) is 85.0 Å². The normalized spacial score (nSPS) is 14.7. The van der Waals surface area contributed by atoms with E-state index in [9.17, 15) is 9.59 Å². The van der Waals surface area contributed by atoms with Crippen LogP contribution < -0.4 is 29.1 Å². The minimum absolute atomic E-state index is 0.158. The van der Waals surface area contributed by atoms with Crippen LogP contribution in [0.1, 0.15) is 36.6 Å². The molecule has 1 aliphatic rings. The number of hydrogen-bond acceptors (Lipinski definition) is 8. The number of rotatable bonds is 9. The van der Waals surface area contributed by atoms with Crippen molar-refractivity contribution in [1.82, 2.24) is 4.57 Å². The van der Waals surface area contributed by atoms with Gasteiger partial charge in [-0.1, -0.05) is 63.7 Å². The maximum absolute atomic E-state index is 14.3. The van der Waals surface area contributed by atoms with Crippen molar-refractivity contribution in [3.8, 4) is 17.2 Å². The molecule has 0 N–H and O–H groups in total. The summed E-state index contributed by atoms with van der Waals surface area (Å²) in [7, 11) is 3.09. The van der Waals surface area contributed by atoms with Crippen LogP contribution in [0.5, 0.6) is 17.2 Å². The second-order valence-corrected chi connectivity index (χ2v) is 12.1. The monoisotopic (exact) mass is 726 g/mol. The lowest BCUT2D eigenvalue weighted by molar-refractivity contribution is -0.138. The molecule has 0 fully saturated rings. The van der Waals surface area contributed by atoms with Crippen LogP contribution in [-0.2, 0) is 9.53 Å². The molecule has 1 atom stereocenters. The summed E-state index contributed by atoms with van der Waals surface area (Å²) in [5, 5.41) is 0. The molecular weight excluding hydrogens is 700 g/mol. The molecule has 0 bridgehead atoms. The summed E-state index contributed by atoms with van der Waals surface area (Å²) in [4.78, 5) is 33.3. The van der Waals surface area contributed by atoms with Crippen molar-refractivity contribution in [2.45, 2.75) is 19.9 Å². The Balaban J connectivity index is 1.85. The number of carbonyl (C=O) groups is 1. The van der Waals surface area contributed by atoms with E-state index in [4.69, 9.17) is 23.9 Å². The molecule has 5 rings (SSSR count). The van der Waals surface area contributed by atoms with Crippen molar-refractivity contribution in [3.63, 3.8) is 0 Å². The summed E-state index contributed by atoms with van der Waals surface area (Å²) in [6.07, 6.45) is 1.78. The van der Waals surface area contributed by atoms with E-state index in [1.54, 1.807) is 36.8 Å². The SMILES string of the molecule is CCOC(=O)C1=C(c2ccccc2)N=c2s/c(=C\c3cc(Br)cc(Br)c3OCC)c(=O)n2[C@H]1c1ccc(OC)c(OC)c1. The molecule has 4 aromatic rings. The molecule has 0 radical (unpaired) electrons. The average Bonchev–Trinajstić information content (AvgIpc) is 3.32. The predicted molar refractivity (Wildman–Crippen MR) is 174 cm³/mol. The Kier molecular flexibility index (Phi) is 9.53. The van der Waals surface area contributed by atoms with Gasteiger partial charge in [-0.3, -0.25) is 9.36 Å². The number of halogens is 2. The summed E-state index contributed by atoms with van der Waals surface area (Å²) in [6, 6.07) is 17.7. The highest BCUT2D eigenvalue weighted by atomic mass is 79.9. The van der Waals surface area contributed by atoms with Crippen LogP contribution in [0.4, 0.5) is 0 Å². The summed E-state index contributed by atoms with van der Waals surface area (Å²) >= 11 is 8.35. The Labute approximate surface area is 269 Å². The number of ether oxygens (including phenoxy) is 4. The molecular formula is C32H28Br2N2O6S. The number of benzene rings is 3. The highest BCUT2D eigenvalue weighted by molar-refractivity contribution is 9.11. The number of fused-ring (bicyclic) bond motifs is 1. The standard InChI is InChI=1S/C32H28Br2N2O6S/c1-5-41-29-20(14-21(33)17-22(29)34)16-25-30(37)36-28(19-12-13-23(39-3)24(15-19)40-4)26(31(38)42-6-2)27(35-32(36)43-25)18-10-8-7-9-11-18/h7-17,28H,5-6H2,1-4H3/b25-16-/t28-/m0/s1. The Morgan fingerprint density at radius 1 is 1.00 bits per heavy atom. The molecule has 11 heteroatoms. The average molecular weight is 728 g/mol. The molecule has 8 nitrogen and oxygen atoms in total. The lowest BCUT2D eigenvalue weighted by Crippen LogP contribution is -2.40. The van der Waals surface area contributed by atoms with Gasteiger partial charge in [-0.05, 0) is 65.7 Å². The number of nitrogens with zero attached hydrogens (tertiary/aromatic N) is 2. The number of hydrogen-bond donors (Lipinski definition) is 0. The maximum atomic E-state index is 14.3. The van der Waals surface area contributed by atoms with Gasteiger partial charge < -0.3 is 18.9 Å². The smallest absolute Gasteiger partial charge is 0.338 e. The zero-order valence-corrected chi connectivity index (χ0v) is 27.8. The molecule has 43 heavy (non-hydrogen) atoms. The van der Waals surface area contributed by atoms with E-state index in [1.807, 2.05) is 55.5 Å². The fourth-order valence-electron chi connectivity index (χ4n) is 4.90. The third-order valence-electron chi connectivity index (χ3n) is 6.71. The summed E-state index contributed by atoms with van der Waals surface area (Å²) < 4.78 is 26.0. The van der Waals surface area contributed by atoms with Gasteiger partial charge in [0.15, 0.2) is 16.3 Å². The quantitative estimate of drug-likeness (QED) is 0.200. The van der Waals surface area contributed by atoms with Crippen LogP contribution in [0.3, 0.4) is 0 Å². The van der Waals surface area contributed by atoms with Crippen molar-refractivity contribution < 1.29 is 23.7 Å². The third kappa shape index (κ3) is 6.07. The van der Waals surface area contributed by atoms with Gasteiger partial charge in [0.05, 0.1) is 53.8 Å². The molecule has 0 unspecified atom stereocenters. The van der Waals surface area contributed by atoms with Gasteiger partial charge in [0.1, 0.15) is 5.75 Å². The summed E-state index contributed by atoms with van der Waals surface area (Å²) in [5.41, 5.74) is 2.45. The minimum Gasteiger partial charge on any atom is -0.493 e. The molecule has 0 saturated heterocycles. The van der Waals surface area contributed by atoms with Gasteiger partial charge in [-0.25, -0.2) is 9.79 Å². The Hall–Kier alpha value is -3.67. The van der Waals surface area contributed by atoms with E-state index in [1.165, 1.54) is 18.4 Å². The fraction of sp³-hybridized carbons (Fsp3) is 0.219. The second kappa shape index (κ2) is 13.3. The molecule has 1 aliphatic heterocycles. The van der Waals surface area contributed by atoms with Gasteiger partial charge in [0.25, 0.3) is 5.56 Å². The van der Waals surface area contributed by atoms with Crippen molar-refractivity contribution >= 4 is 60.9 Å². The first kappa shape index (κ1) is 30.8. The topological polar surface area (TPSA) is 88.4 Å². The highest BCUT2D eigenvalue weighted by Gasteiger charge is 2.35. The van der Waals surface area contributed by atoms with Crippen LogP contribution in [-0.4, -0.2) is 38.0 Å². The third-order valence-corrected chi connectivity index (χ3v) is 8.74. The lowest BCUT2D eigenvalue weighted by Gasteiger charge is -2.26. The molecule has 0 aliphatic carbocycles. The Morgan fingerprint density at radius 2 is 1.74 bits per heavy atom. The van der Waals surface area contributed by atoms with Gasteiger partial charge in [-0.15, -0.1) is 0 Å². The summed E-state index contributed by atoms with van der Waals surface area (Å²) in [5.74, 6) is 1.04. The Morgan fingerprint density at radius 3 is 2.42 bits per heavy atom. The van der Waals surface area contributed by atoms with Crippen molar-refractivity contribution in [2.75, 3.05) is 27.4 Å². The van der Waals surface area contributed by atoms with Crippen LogP contribution >= 0.6 is 43.2 Å². The van der Waals surface area contributed by atoms with Gasteiger partial charge in [0, 0.05) is 15.6 Å². The number of esters is 1. The van der Waals surface area contributed by atoms with E-state index in [0.717, 1.165) is 14.5 Å². The number of thiazole rings is 1. The van der Waals surface area contributed by atoms with Crippen LogP contribution in [0.25, 0.3) is 11.8 Å². The first-order valence-corrected chi connectivity index (χ1v) is 15.8. The van der Waals surface area contributed by atoms with Crippen LogP contribution in [0.2, 0.25) is 0 Å². The Bertz CT molecular complexity index is 1900. The molecule has 222 valence electrons. The van der Waals surface area contributed by atoms with Gasteiger partial charge in [-0.2, -0.15) is 0 Å². The number of carbonyl (C=O) groups excluding carboxylic acids is 1. The summed E-state index contributed by atoms with van der Waals surface area (Å²) in [6.45, 7) is 4.25. The van der Waals surface area contributed by atoms with E-state index < -0.39 is 12.0 Å². The largest absolute Gasteiger partial charge is 0.493 e. The second-order valence-electron chi connectivity index (χ2n) is 9.28. The van der Waals surface area contributed by atoms with E-state index in [0.29, 0.717) is 50.0 Å². The van der Waals surface area contributed by atoms with Crippen LogP contribution in [0, 0.1) is 0 Å². The van der Waals surface area contributed by atoms with Crippen molar-refractivity contribution in [1.29, 1.82) is 0 Å². The maximum Gasteiger partial charge on any atom is 0.338 e. The molecule has 3 aromatic carbocycles. The minimum atomic E-state index is -0.854. The first-order valence-electron chi connectivity index (χ1n) is 13.4. The number of methoxy groups -OCH3 is 2. The molecule has 1 aromatic heterocycles. The predicted octanol–water partition coefficient (Wildman–Crippen LogP) is 5.88. The first-order chi connectivity index (χ1) is 20.8. The molecule has 0 saturated carbocycles. The highest BCUT2D eigenvalue weighted by Crippen LogP contribution is 2.39. The van der Waals surface area contributed by atoms with Gasteiger partial charge >= 0.3 is 5.97 Å². The van der Waals surface area contributed by atoms with Crippen molar-refractivity contribution in [3.05, 3.63) is 112 Å². The zero-order valence-electron chi connectivity index (χ0n) is 23.9. The van der Waals surface area contributed by atoms with Gasteiger partial charge in [0.2, 0.25) is 0 Å².